The van der Waals surface area contributed by atoms with Crippen LogP contribution in [0, 0.1) is 16.0 Å². The summed E-state index contributed by atoms with van der Waals surface area (Å²) in [5, 5.41) is 13.8. The quantitative estimate of drug-likeness (QED) is 0.562. The highest BCUT2D eigenvalue weighted by molar-refractivity contribution is 7.91. The van der Waals surface area contributed by atoms with E-state index in [-0.39, 0.29) is 20.9 Å². The van der Waals surface area contributed by atoms with Crippen molar-refractivity contribution in [3.05, 3.63) is 16.2 Å². The lowest BCUT2D eigenvalue weighted by molar-refractivity contribution is -0.383. The number of nitrogens with one attached hydrogen (secondary N) is 2. The van der Waals surface area contributed by atoms with E-state index in [1.54, 1.807) is 6.92 Å². The lowest BCUT2D eigenvalue weighted by atomic mass is 10.1. The lowest BCUT2D eigenvalue weighted by Gasteiger charge is -2.14. The maximum absolute atomic E-state index is 12.2. The van der Waals surface area contributed by atoms with Gasteiger partial charge in [-0.3, -0.25) is 10.1 Å². The fourth-order valence-electron chi connectivity index (χ4n) is 1.77. The van der Waals surface area contributed by atoms with Gasteiger partial charge in [0.15, 0.2) is 5.00 Å². The van der Waals surface area contributed by atoms with Gasteiger partial charge >= 0.3 is 5.69 Å². The van der Waals surface area contributed by atoms with Gasteiger partial charge in [-0.1, -0.05) is 25.2 Å². The zero-order valence-electron chi connectivity index (χ0n) is 12.5. The summed E-state index contributed by atoms with van der Waals surface area (Å²) in [6, 6.07) is 0.880. The topological polar surface area (TPSA) is 101 Å². The smallest absolute Gasteiger partial charge is 0.304 e. The van der Waals surface area contributed by atoms with Crippen LogP contribution in [0.25, 0.3) is 0 Å². The van der Waals surface area contributed by atoms with Crippen LogP contribution in [-0.4, -0.2) is 26.4 Å². The third-order valence-electron chi connectivity index (χ3n) is 2.91. The Balaban J connectivity index is 2.90. The Morgan fingerprint density at radius 3 is 2.38 bits per heavy atom. The first-order valence-electron chi connectivity index (χ1n) is 6.65. The number of rotatable bonds is 8. The van der Waals surface area contributed by atoms with Crippen molar-refractivity contribution in [2.45, 2.75) is 43.9 Å². The maximum Gasteiger partial charge on any atom is 0.304 e. The van der Waals surface area contributed by atoms with Gasteiger partial charge in [-0.15, -0.1) is 0 Å². The molecule has 0 aliphatic carbocycles. The van der Waals surface area contributed by atoms with Gasteiger partial charge in [0, 0.05) is 19.2 Å². The molecule has 1 aromatic heterocycles. The van der Waals surface area contributed by atoms with Gasteiger partial charge in [0.25, 0.3) is 10.0 Å². The van der Waals surface area contributed by atoms with E-state index in [4.69, 9.17) is 0 Å². The summed E-state index contributed by atoms with van der Waals surface area (Å²) in [7, 11) is -2.21. The fraction of sp³-hybridized carbons (Fsp3) is 0.667. The van der Waals surface area contributed by atoms with Crippen LogP contribution in [0.4, 0.5) is 10.7 Å². The van der Waals surface area contributed by atoms with Crippen LogP contribution < -0.4 is 10.0 Å². The summed E-state index contributed by atoms with van der Waals surface area (Å²) in [5.41, 5.74) is -0.224. The standard InChI is InChI=1S/C12H21N3O4S2/c1-8(2)5-6-9(3)14-21(18,19)11-7-10(15(16)17)12(13-4)20-11/h7-9,13-14H,5-6H2,1-4H3. The molecule has 1 heterocycles. The normalized spacial score (nSPS) is 13.4. The molecular formula is C12H21N3O4S2. The fourth-order valence-corrected chi connectivity index (χ4v) is 4.35. The van der Waals surface area contributed by atoms with Gasteiger partial charge in [0.1, 0.15) is 4.21 Å². The van der Waals surface area contributed by atoms with Gasteiger partial charge < -0.3 is 5.32 Å². The zero-order valence-corrected chi connectivity index (χ0v) is 14.2. The molecule has 0 saturated carbocycles. The van der Waals surface area contributed by atoms with E-state index in [2.05, 4.69) is 23.9 Å². The molecule has 0 fully saturated rings. The van der Waals surface area contributed by atoms with Crippen molar-refractivity contribution in [3.8, 4) is 0 Å². The Kier molecular flexibility index (Phi) is 6.11. The van der Waals surface area contributed by atoms with Crippen LogP contribution in [0.1, 0.15) is 33.6 Å². The van der Waals surface area contributed by atoms with Crippen molar-refractivity contribution >= 4 is 32.0 Å². The number of sulfonamides is 1. The molecule has 21 heavy (non-hydrogen) atoms. The van der Waals surface area contributed by atoms with E-state index in [1.807, 2.05) is 0 Å². The van der Waals surface area contributed by atoms with Crippen LogP contribution in [0.3, 0.4) is 0 Å². The average Bonchev–Trinajstić information content (AvgIpc) is 2.80. The van der Waals surface area contributed by atoms with Crippen LogP contribution in [0.2, 0.25) is 0 Å². The molecule has 0 spiro atoms. The SMILES string of the molecule is CNc1sc(S(=O)(=O)NC(C)CCC(C)C)cc1[N+](=O)[O-]. The van der Waals surface area contributed by atoms with Crippen LogP contribution in [0.15, 0.2) is 10.3 Å². The maximum atomic E-state index is 12.2. The minimum atomic E-state index is -3.73. The molecule has 0 bridgehead atoms. The first kappa shape index (κ1) is 17.9. The predicted octanol–water partition coefficient (Wildman–Crippen LogP) is 2.80. The summed E-state index contributed by atoms with van der Waals surface area (Å²) in [4.78, 5) is 10.3. The first-order valence-corrected chi connectivity index (χ1v) is 8.95. The summed E-state index contributed by atoms with van der Waals surface area (Å²) < 4.78 is 27.0. The van der Waals surface area contributed by atoms with E-state index in [0.717, 1.165) is 30.2 Å². The number of anilines is 1. The molecule has 0 amide bonds. The van der Waals surface area contributed by atoms with Crippen molar-refractivity contribution in [2.24, 2.45) is 5.92 Å². The highest BCUT2D eigenvalue weighted by Crippen LogP contribution is 2.36. The number of hydrogen-bond donors (Lipinski definition) is 2. The molecule has 0 aromatic carbocycles. The monoisotopic (exact) mass is 335 g/mol. The van der Waals surface area contributed by atoms with Crippen LogP contribution >= 0.6 is 11.3 Å². The first-order chi connectivity index (χ1) is 9.67. The van der Waals surface area contributed by atoms with Crippen LogP contribution in [0.5, 0.6) is 0 Å². The van der Waals surface area contributed by atoms with Gasteiger partial charge in [0.2, 0.25) is 0 Å². The van der Waals surface area contributed by atoms with E-state index in [0.29, 0.717) is 5.92 Å². The molecule has 0 radical (unpaired) electrons. The number of nitro groups is 1. The Bertz CT molecular complexity index is 596. The van der Waals surface area contributed by atoms with Crippen molar-refractivity contribution in [2.75, 3.05) is 12.4 Å². The van der Waals surface area contributed by atoms with Crippen LogP contribution in [-0.2, 0) is 10.0 Å². The minimum absolute atomic E-state index is 0.0463. The van der Waals surface area contributed by atoms with Gasteiger partial charge in [-0.25, -0.2) is 13.1 Å². The summed E-state index contributed by atoms with van der Waals surface area (Å²) in [6.07, 6.45) is 1.64. The minimum Gasteiger partial charge on any atom is -0.374 e. The van der Waals surface area contributed by atoms with Gasteiger partial charge in [-0.2, -0.15) is 0 Å². The number of hydrogen-bond acceptors (Lipinski definition) is 6. The molecule has 1 aromatic rings. The molecule has 1 atom stereocenters. The van der Waals surface area contributed by atoms with Gasteiger partial charge in [0.05, 0.1) is 4.92 Å². The van der Waals surface area contributed by atoms with Gasteiger partial charge in [-0.05, 0) is 25.7 Å². The second-order valence-electron chi connectivity index (χ2n) is 5.28. The molecule has 9 heteroatoms. The number of nitrogens with zero attached hydrogens (tertiary/aromatic N) is 1. The molecule has 0 saturated heterocycles. The lowest BCUT2D eigenvalue weighted by Crippen LogP contribution is -2.32. The Hall–Kier alpha value is -1.19. The molecule has 0 aliphatic rings. The highest BCUT2D eigenvalue weighted by Gasteiger charge is 2.26. The Morgan fingerprint density at radius 2 is 1.95 bits per heavy atom. The number of thiophene rings is 1. The summed E-state index contributed by atoms with van der Waals surface area (Å²) >= 11 is 0.858. The molecular weight excluding hydrogens is 314 g/mol. The molecule has 7 nitrogen and oxygen atoms in total. The predicted molar refractivity (Wildman–Crippen MR) is 84.4 cm³/mol. The summed E-state index contributed by atoms with van der Waals surface area (Å²) in [6.45, 7) is 5.94. The Labute approximate surface area is 129 Å². The summed E-state index contributed by atoms with van der Waals surface area (Å²) in [5.74, 6) is 0.496. The van der Waals surface area contributed by atoms with E-state index < -0.39 is 14.9 Å². The van der Waals surface area contributed by atoms with Crippen molar-refractivity contribution in [1.82, 2.24) is 4.72 Å². The molecule has 0 aliphatic heterocycles. The van der Waals surface area contributed by atoms with Crippen molar-refractivity contribution < 1.29 is 13.3 Å². The second-order valence-corrected chi connectivity index (χ2v) is 8.27. The largest absolute Gasteiger partial charge is 0.374 e. The average molecular weight is 335 g/mol. The van der Waals surface area contributed by atoms with Crippen molar-refractivity contribution in [3.63, 3.8) is 0 Å². The highest BCUT2D eigenvalue weighted by atomic mass is 32.2. The van der Waals surface area contributed by atoms with Crippen molar-refractivity contribution in [1.29, 1.82) is 0 Å². The molecule has 1 rings (SSSR count). The van der Waals surface area contributed by atoms with E-state index in [1.165, 1.54) is 7.05 Å². The zero-order chi connectivity index (χ0) is 16.2. The van der Waals surface area contributed by atoms with E-state index >= 15 is 0 Å². The third-order valence-corrected chi connectivity index (χ3v) is 6.12. The molecule has 1 unspecified atom stereocenters. The molecule has 2 N–H and O–H groups in total. The molecule has 120 valence electrons. The van der Waals surface area contributed by atoms with E-state index in [9.17, 15) is 18.5 Å². The second kappa shape index (κ2) is 7.19. The third kappa shape index (κ3) is 4.94. The Morgan fingerprint density at radius 1 is 1.33 bits per heavy atom.